The monoisotopic (exact) mass is 328 g/mol. The molecule has 2 N–H and O–H groups in total. The van der Waals surface area contributed by atoms with Crippen LogP contribution in [0.15, 0.2) is 46.2 Å². The number of rotatable bonds is 5. The first-order valence-electron chi connectivity index (χ1n) is 7.08. The SMILES string of the molecule is Cc1ccc(C)c(NC(=O)CSc2n[nH]c(-c3ccco3)n2)c1. The fourth-order valence-corrected chi connectivity index (χ4v) is 2.62. The number of carbonyl (C=O) groups excluding carboxylic acids is 1. The molecule has 0 atom stereocenters. The molecule has 0 fully saturated rings. The van der Waals surface area contributed by atoms with Gasteiger partial charge in [-0.2, -0.15) is 4.98 Å². The molecule has 1 aromatic carbocycles. The van der Waals surface area contributed by atoms with Crippen molar-refractivity contribution < 1.29 is 9.21 Å². The third-order valence-electron chi connectivity index (χ3n) is 3.22. The zero-order chi connectivity index (χ0) is 16.2. The molecule has 0 aliphatic carbocycles. The van der Waals surface area contributed by atoms with Gasteiger partial charge in [0.05, 0.1) is 12.0 Å². The first-order valence-corrected chi connectivity index (χ1v) is 8.06. The van der Waals surface area contributed by atoms with E-state index in [1.807, 2.05) is 32.0 Å². The van der Waals surface area contributed by atoms with Gasteiger partial charge in [0.15, 0.2) is 11.6 Å². The van der Waals surface area contributed by atoms with Crippen LogP contribution in [-0.2, 0) is 4.79 Å². The molecule has 0 aliphatic rings. The summed E-state index contributed by atoms with van der Waals surface area (Å²) in [4.78, 5) is 16.4. The molecule has 23 heavy (non-hydrogen) atoms. The van der Waals surface area contributed by atoms with E-state index >= 15 is 0 Å². The van der Waals surface area contributed by atoms with Gasteiger partial charge in [-0.3, -0.25) is 9.89 Å². The topological polar surface area (TPSA) is 83.8 Å². The Labute approximate surface area is 137 Å². The lowest BCUT2D eigenvalue weighted by Gasteiger charge is -2.08. The van der Waals surface area contributed by atoms with Gasteiger partial charge in [0, 0.05) is 5.69 Å². The van der Waals surface area contributed by atoms with E-state index in [9.17, 15) is 4.79 Å². The van der Waals surface area contributed by atoms with Crippen molar-refractivity contribution in [3.8, 4) is 11.6 Å². The van der Waals surface area contributed by atoms with E-state index in [0.717, 1.165) is 16.8 Å². The van der Waals surface area contributed by atoms with E-state index in [1.165, 1.54) is 11.8 Å². The maximum absolute atomic E-state index is 12.1. The highest BCUT2D eigenvalue weighted by molar-refractivity contribution is 7.99. The largest absolute Gasteiger partial charge is 0.461 e. The van der Waals surface area contributed by atoms with Crippen molar-refractivity contribution in [3.05, 3.63) is 47.7 Å². The van der Waals surface area contributed by atoms with Crippen LogP contribution in [0.4, 0.5) is 5.69 Å². The zero-order valence-corrected chi connectivity index (χ0v) is 13.6. The smallest absolute Gasteiger partial charge is 0.234 e. The van der Waals surface area contributed by atoms with Crippen LogP contribution in [-0.4, -0.2) is 26.8 Å². The molecule has 2 aromatic heterocycles. The molecule has 1 amide bonds. The molecule has 0 aliphatic heterocycles. The number of furan rings is 1. The summed E-state index contributed by atoms with van der Waals surface area (Å²) in [6, 6.07) is 9.54. The maximum atomic E-state index is 12.1. The van der Waals surface area contributed by atoms with Crippen LogP contribution in [0, 0.1) is 13.8 Å². The highest BCUT2D eigenvalue weighted by Crippen LogP contribution is 2.20. The van der Waals surface area contributed by atoms with Crippen LogP contribution in [0.25, 0.3) is 11.6 Å². The average Bonchev–Trinajstić information content (AvgIpc) is 3.19. The second-order valence-corrected chi connectivity index (χ2v) is 6.04. The minimum absolute atomic E-state index is 0.0898. The summed E-state index contributed by atoms with van der Waals surface area (Å²) in [6.07, 6.45) is 1.57. The number of nitrogens with zero attached hydrogens (tertiary/aromatic N) is 2. The summed E-state index contributed by atoms with van der Waals surface area (Å²) in [5.41, 5.74) is 2.98. The summed E-state index contributed by atoms with van der Waals surface area (Å²) >= 11 is 1.27. The molecule has 0 saturated carbocycles. The third kappa shape index (κ3) is 3.81. The molecule has 0 radical (unpaired) electrons. The second-order valence-electron chi connectivity index (χ2n) is 5.10. The number of nitrogens with one attached hydrogen (secondary N) is 2. The van der Waals surface area contributed by atoms with E-state index in [2.05, 4.69) is 20.5 Å². The lowest BCUT2D eigenvalue weighted by molar-refractivity contribution is -0.113. The Morgan fingerprint density at radius 2 is 2.22 bits per heavy atom. The van der Waals surface area contributed by atoms with Gasteiger partial charge in [-0.25, -0.2) is 0 Å². The number of anilines is 1. The lowest BCUT2D eigenvalue weighted by Crippen LogP contribution is -2.15. The fraction of sp³-hybridized carbons (Fsp3) is 0.188. The maximum Gasteiger partial charge on any atom is 0.234 e. The number of benzene rings is 1. The number of hydrogen-bond acceptors (Lipinski definition) is 5. The summed E-state index contributed by atoms with van der Waals surface area (Å²) in [5.74, 6) is 1.31. The molecule has 7 heteroatoms. The first-order chi connectivity index (χ1) is 11.1. The first kappa shape index (κ1) is 15.4. The molecule has 0 bridgehead atoms. The van der Waals surface area contributed by atoms with E-state index in [4.69, 9.17) is 4.42 Å². The van der Waals surface area contributed by atoms with Crippen LogP contribution < -0.4 is 5.32 Å². The molecule has 3 rings (SSSR count). The van der Waals surface area contributed by atoms with Crippen molar-refractivity contribution in [2.75, 3.05) is 11.1 Å². The minimum Gasteiger partial charge on any atom is -0.461 e. The molecule has 2 heterocycles. The fourth-order valence-electron chi connectivity index (χ4n) is 2.02. The summed E-state index contributed by atoms with van der Waals surface area (Å²) in [6.45, 7) is 3.96. The number of thioether (sulfide) groups is 1. The molecular weight excluding hydrogens is 312 g/mol. The molecule has 3 aromatic rings. The van der Waals surface area contributed by atoms with Crippen LogP contribution >= 0.6 is 11.8 Å². The highest BCUT2D eigenvalue weighted by atomic mass is 32.2. The van der Waals surface area contributed by atoms with E-state index in [1.54, 1.807) is 18.4 Å². The van der Waals surface area contributed by atoms with Crippen molar-refractivity contribution in [2.45, 2.75) is 19.0 Å². The van der Waals surface area contributed by atoms with E-state index < -0.39 is 0 Å². The lowest BCUT2D eigenvalue weighted by atomic mass is 10.1. The van der Waals surface area contributed by atoms with Gasteiger partial charge in [-0.05, 0) is 43.2 Å². The Morgan fingerprint density at radius 1 is 1.35 bits per heavy atom. The normalized spacial score (nSPS) is 10.7. The van der Waals surface area contributed by atoms with Gasteiger partial charge >= 0.3 is 0 Å². The number of aromatic amines is 1. The minimum atomic E-state index is -0.0898. The molecule has 118 valence electrons. The van der Waals surface area contributed by atoms with Crippen molar-refractivity contribution in [2.24, 2.45) is 0 Å². The predicted molar refractivity (Wildman–Crippen MR) is 89.4 cm³/mol. The number of hydrogen-bond donors (Lipinski definition) is 2. The standard InChI is InChI=1S/C16H16N4O2S/c1-10-5-6-11(2)12(8-10)17-14(21)9-23-16-18-15(19-20-16)13-4-3-7-22-13/h3-8H,9H2,1-2H3,(H,17,21)(H,18,19,20). The van der Waals surface area contributed by atoms with Gasteiger partial charge in [0.25, 0.3) is 0 Å². The highest BCUT2D eigenvalue weighted by Gasteiger charge is 2.11. The number of H-pyrrole nitrogens is 1. The molecule has 0 unspecified atom stereocenters. The molecular formula is C16H16N4O2S. The zero-order valence-electron chi connectivity index (χ0n) is 12.8. The number of aromatic nitrogens is 3. The Morgan fingerprint density at radius 3 is 3.00 bits per heavy atom. The van der Waals surface area contributed by atoms with Gasteiger partial charge < -0.3 is 9.73 Å². The van der Waals surface area contributed by atoms with Gasteiger partial charge in [-0.1, -0.05) is 23.9 Å². The molecule has 6 nitrogen and oxygen atoms in total. The Bertz CT molecular complexity index is 811. The quantitative estimate of drug-likeness (QED) is 0.701. The second kappa shape index (κ2) is 6.70. The number of carbonyl (C=O) groups is 1. The number of aryl methyl sites for hydroxylation is 2. The van der Waals surface area contributed by atoms with Gasteiger partial charge in [0.1, 0.15) is 0 Å². The molecule has 0 saturated heterocycles. The van der Waals surface area contributed by atoms with Crippen molar-refractivity contribution in [1.29, 1.82) is 0 Å². The average molecular weight is 328 g/mol. The van der Waals surface area contributed by atoms with Crippen molar-refractivity contribution >= 4 is 23.4 Å². The van der Waals surface area contributed by atoms with Crippen LogP contribution in [0.2, 0.25) is 0 Å². The van der Waals surface area contributed by atoms with E-state index in [0.29, 0.717) is 16.7 Å². The van der Waals surface area contributed by atoms with Crippen molar-refractivity contribution in [1.82, 2.24) is 15.2 Å². The Balaban J connectivity index is 1.58. The third-order valence-corrected chi connectivity index (χ3v) is 4.07. The van der Waals surface area contributed by atoms with Gasteiger partial charge in [-0.15, -0.1) is 5.10 Å². The Hall–Kier alpha value is -2.54. The van der Waals surface area contributed by atoms with Crippen LogP contribution in [0.5, 0.6) is 0 Å². The summed E-state index contributed by atoms with van der Waals surface area (Å²) in [7, 11) is 0. The van der Waals surface area contributed by atoms with Crippen LogP contribution in [0.3, 0.4) is 0 Å². The van der Waals surface area contributed by atoms with E-state index in [-0.39, 0.29) is 11.7 Å². The summed E-state index contributed by atoms with van der Waals surface area (Å²) in [5, 5.41) is 10.3. The Kier molecular flexibility index (Phi) is 4.47. The van der Waals surface area contributed by atoms with Gasteiger partial charge in [0.2, 0.25) is 11.1 Å². The van der Waals surface area contributed by atoms with Crippen LogP contribution in [0.1, 0.15) is 11.1 Å². The number of amides is 1. The predicted octanol–water partition coefficient (Wildman–Crippen LogP) is 3.41. The summed E-state index contributed by atoms with van der Waals surface area (Å²) < 4.78 is 5.24. The molecule has 0 spiro atoms. The van der Waals surface area contributed by atoms with Crippen molar-refractivity contribution in [3.63, 3.8) is 0 Å².